The first-order valence-electron chi connectivity index (χ1n) is 8.19. The van der Waals surface area contributed by atoms with E-state index in [9.17, 15) is 4.79 Å². The number of ketones is 1. The lowest BCUT2D eigenvalue weighted by molar-refractivity contribution is 0.103. The summed E-state index contributed by atoms with van der Waals surface area (Å²) < 4.78 is 16.6. The molecule has 4 nitrogen and oxygen atoms in total. The Morgan fingerprint density at radius 3 is 1.85 bits per heavy atom. The van der Waals surface area contributed by atoms with E-state index in [1.165, 1.54) is 7.11 Å². The molecule has 0 aliphatic rings. The number of methoxy groups -OCH3 is 3. The molecule has 0 saturated carbocycles. The zero-order chi connectivity index (χ0) is 18.5. The summed E-state index contributed by atoms with van der Waals surface area (Å²) in [6.07, 6.45) is 0. The Balaban J connectivity index is 2.33. The summed E-state index contributed by atoms with van der Waals surface area (Å²) >= 11 is 0. The maximum atomic E-state index is 13.2. The zero-order valence-electron chi connectivity index (χ0n) is 15.0. The van der Waals surface area contributed by atoms with Gasteiger partial charge in [-0.15, -0.1) is 0 Å². The third kappa shape index (κ3) is 3.14. The highest BCUT2D eigenvalue weighted by Gasteiger charge is 2.25. The number of benzene rings is 3. The Kier molecular flexibility index (Phi) is 5.23. The second-order valence-electron chi connectivity index (χ2n) is 5.63. The zero-order valence-corrected chi connectivity index (χ0v) is 15.0. The van der Waals surface area contributed by atoms with Gasteiger partial charge in [0.15, 0.2) is 17.3 Å². The van der Waals surface area contributed by atoms with Crippen LogP contribution >= 0.6 is 0 Å². The number of rotatable bonds is 6. The molecule has 26 heavy (non-hydrogen) atoms. The number of hydrogen-bond donors (Lipinski definition) is 0. The molecule has 0 amide bonds. The molecule has 0 N–H and O–H groups in total. The Bertz CT molecular complexity index is 902. The number of ether oxygens (including phenoxy) is 3. The van der Waals surface area contributed by atoms with Crippen molar-refractivity contribution < 1.29 is 19.0 Å². The van der Waals surface area contributed by atoms with Crippen LogP contribution in [0.15, 0.2) is 66.7 Å². The van der Waals surface area contributed by atoms with Crippen LogP contribution in [-0.2, 0) is 0 Å². The molecule has 132 valence electrons. The lowest BCUT2D eigenvalue weighted by Crippen LogP contribution is -2.07. The van der Waals surface area contributed by atoms with Gasteiger partial charge < -0.3 is 14.2 Å². The van der Waals surface area contributed by atoms with Gasteiger partial charge in [0.25, 0.3) is 0 Å². The average molecular weight is 348 g/mol. The van der Waals surface area contributed by atoms with E-state index in [2.05, 4.69) is 0 Å². The van der Waals surface area contributed by atoms with Gasteiger partial charge in [-0.05, 0) is 11.6 Å². The van der Waals surface area contributed by atoms with Crippen molar-refractivity contribution in [1.29, 1.82) is 0 Å². The first kappa shape index (κ1) is 17.5. The predicted octanol–water partition coefficient (Wildman–Crippen LogP) is 4.61. The number of carbonyl (C=O) groups is 1. The normalized spacial score (nSPS) is 10.3. The van der Waals surface area contributed by atoms with Gasteiger partial charge in [-0.25, -0.2) is 0 Å². The second-order valence-corrected chi connectivity index (χ2v) is 5.63. The maximum Gasteiger partial charge on any atom is 0.203 e. The summed E-state index contributed by atoms with van der Waals surface area (Å²) in [5.74, 6) is 1.27. The van der Waals surface area contributed by atoms with Gasteiger partial charge in [-0.1, -0.05) is 60.7 Å². The monoisotopic (exact) mass is 348 g/mol. The highest BCUT2D eigenvalue weighted by atomic mass is 16.5. The standard InChI is InChI=1S/C22H20O4/c1-24-18-14-17(20(23)16-12-8-5-9-13-16)19(15-10-6-4-7-11-15)22(26-3)21(18)25-2/h4-14H,1-3H3. The second kappa shape index (κ2) is 7.74. The van der Waals surface area contributed by atoms with Crippen LogP contribution in [0.25, 0.3) is 11.1 Å². The molecule has 3 rings (SSSR count). The van der Waals surface area contributed by atoms with Gasteiger partial charge in [0.05, 0.1) is 21.3 Å². The van der Waals surface area contributed by atoms with Crippen molar-refractivity contribution in [3.05, 3.63) is 77.9 Å². The molecule has 0 radical (unpaired) electrons. The molecule has 3 aromatic carbocycles. The molecule has 0 saturated heterocycles. The Morgan fingerprint density at radius 2 is 1.31 bits per heavy atom. The van der Waals surface area contributed by atoms with Crippen LogP contribution in [0.1, 0.15) is 15.9 Å². The molecular formula is C22H20O4. The van der Waals surface area contributed by atoms with E-state index in [-0.39, 0.29) is 5.78 Å². The number of hydrogen-bond acceptors (Lipinski definition) is 4. The van der Waals surface area contributed by atoms with Crippen molar-refractivity contribution >= 4 is 5.78 Å². The van der Waals surface area contributed by atoms with Crippen LogP contribution in [0.4, 0.5) is 0 Å². The molecule has 0 unspecified atom stereocenters. The summed E-state index contributed by atoms with van der Waals surface area (Å²) in [6, 6.07) is 20.5. The van der Waals surface area contributed by atoms with E-state index in [1.807, 2.05) is 48.5 Å². The molecule has 0 aromatic heterocycles. The molecule has 0 fully saturated rings. The quantitative estimate of drug-likeness (QED) is 0.610. The molecule has 3 aromatic rings. The molecule has 0 aliphatic carbocycles. The lowest BCUT2D eigenvalue weighted by atomic mass is 9.92. The summed E-state index contributed by atoms with van der Waals surface area (Å²) in [5, 5.41) is 0. The topological polar surface area (TPSA) is 44.8 Å². The Hall–Kier alpha value is -3.27. The molecule has 0 bridgehead atoms. The van der Waals surface area contributed by atoms with Crippen molar-refractivity contribution in [2.75, 3.05) is 21.3 Å². The maximum absolute atomic E-state index is 13.2. The smallest absolute Gasteiger partial charge is 0.203 e. The van der Waals surface area contributed by atoms with Gasteiger partial charge in [-0.2, -0.15) is 0 Å². The third-order valence-corrected chi connectivity index (χ3v) is 4.17. The fraction of sp³-hybridized carbons (Fsp3) is 0.136. The Morgan fingerprint density at radius 1 is 0.731 bits per heavy atom. The van der Waals surface area contributed by atoms with E-state index in [0.717, 1.165) is 5.56 Å². The van der Waals surface area contributed by atoms with Crippen LogP contribution in [0, 0.1) is 0 Å². The SMILES string of the molecule is COc1cc(C(=O)c2ccccc2)c(-c2ccccc2)c(OC)c1OC. The summed E-state index contributed by atoms with van der Waals surface area (Å²) in [7, 11) is 4.64. The van der Waals surface area contributed by atoms with Crippen molar-refractivity contribution in [3.63, 3.8) is 0 Å². The van der Waals surface area contributed by atoms with Crippen molar-refractivity contribution in [3.8, 4) is 28.4 Å². The minimum atomic E-state index is -0.108. The van der Waals surface area contributed by atoms with E-state index in [0.29, 0.717) is 33.9 Å². The molecule has 0 atom stereocenters. The molecule has 0 aliphatic heterocycles. The van der Waals surface area contributed by atoms with Crippen LogP contribution in [0.2, 0.25) is 0 Å². The Labute approximate surface area is 153 Å². The van der Waals surface area contributed by atoms with Crippen molar-refractivity contribution in [1.82, 2.24) is 0 Å². The number of carbonyl (C=O) groups excluding carboxylic acids is 1. The molecule has 4 heteroatoms. The minimum Gasteiger partial charge on any atom is -0.493 e. The average Bonchev–Trinajstić information content (AvgIpc) is 2.72. The predicted molar refractivity (Wildman–Crippen MR) is 101 cm³/mol. The van der Waals surface area contributed by atoms with E-state index >= 15 is 0 Å². The fourth-order valence-corrected chi connectivity index (χ4v) is 2.97. The highest BCUT2D eigenvalue weighted by molar-refractivity contribution is 6.14. The first-order valence-corrected chi connectivity index (χ1v) is 8.19. The lowest BCUT2D eigenvalue weighted by Gasteiger charge is -2.19. The van der Waals surface area contributed by atoms with Crippen LogP contribution in [0.5, 0.6) is 17.2 Å². The molecular weight excluding hydrogens is 328 g/mol. The largest absolute Gasteiger partial charge is 0.493 e. The fourth-order valence-electron chi connectivity index (χ4n) is 2.97. The van der Waals surface area contributed by atoms with Gasteiger partial charge in [0.1, 0.15) is 0 Å². The van der Waals surface area contributed by atoms with Crippen molar-refractivity contribution in [2.24, 2.45) is 0 Å². The van der Waals surface area contributed by atoms with Gasteiger partial charge >= 0.3 is 0 Å². The highest BCUT2D eigenvalue weighted by Crippen LogP contribution is 2.47. The van der Waals surface area contributed by atoms with E-state index in [1.54, 1.807) is 32.4 Å². The van der Waals surface area contributed by atoms with Crippen LogP contribution in [-0.4, -0.2) is 27.1 Å². The van der Waals surface area contributed by atoms with E-state index in [4.69, 9.17) is 14.2 Å². The van der Waals surface area contributed by atoms with Gasteiger partial charge in [0.2, 0.25) is 5.75 Å². The minimum absolute atomic E-state index is 0.108. The third-order valence-electron chi connectivity index (χ3n) is 4.17. The molecule has 0 spiro atoms. The summed E-state index contributed by atoms with van der Waals surface area (Å²) in [4.78, 5) is 13.2. The van der Waals surface area contributed by atoms with Crippen LogP contribution in [0.3, 0.4) is 0 Å². The first-order chi connectivity index (χ1) is 12.7. The van der Waals surface area contributed by atoms with Crippen LogP contribution < -0.4 is 14.2 Å². The molecule has 0 heterocycles. The van der Waals surface area contributed by atoms with Gasteiger partial charge in [0, 0.05) is 16.7 Å². The van der Waals surface area contributed by atoms with E-state index < -0.39 is 0 Å². The van der Waals surface area contributed by atoms with Crippen molar-refractivity contribution in [2.45, 2.75) is 0 Å². The summed E-state index contributed by atoms with van der Waals surface area (Å²) in [6.45, 7) is 0. The van der Waals surface area contributed by atoms with Gasteiger partial charge in [-0.3, -0.25) is 4.79 Å². The summed E-state index contributed by atoms with van der Waals surface area (Å²) in [5.41, 5.74) is 2.64.